The molecule has 0 atom stereocenters. The number of amides is 2. The molecule has 0 fully saturated rings. The van der Waals surface area contributed by atoms with Gasteiger partial charge in [-0.05, 0) is 55.7 Å². The Balaban J connectivity index is 1.66. The number of anilines is 1. The lowest BCUT2D eigenvalue weighted by molar-refractivity contribution is -0.117. The van der Waals surface area contributed by atoms with E-state index in [0.29, 0.717) is 12.1 Å². The Morgan fingerprint density at radius 1 is 1.17 bits per heavy atom. The number of fused-ring (bicyclic) bond motifs is 1. The molecule has 24 heavy (non-hydrogen) atoms. The van der Waals surface area contributed by atoms with E-state index in [4.69, 9.17) is 0 Å². The van der Waals surface area contributed by atoms with Crippen LogP contribution in [0, 0.1) is 6.92 Å². The van der Waals surface area contributed by atoms with Gasteiger partial charge >= 0.3 is 0 Å². The second-order valence-electron chi connectivity index (χ2n) is 5.97. The molecule has 3 rings (SSSR count). The predicted octanol–water partition coefficient (Wildman–Crippen LogP) is 3.47. The van der Waals surface area contributed by atoms with Crippen molar-refractivity contribution >= 4 is 33.4 Å². The van der Waals surface area contributed by atoms with Gasteiger partial charge in [0.15, 0.2) is 0 Å². The van der Waals surface area contributed by atoms with Gasteiger partial charge in [-0.2, -0.15) is 0 Å². The van der Waals surface area contributed by atoms with Crippen LogP contribution in [0.25, 0.3) is 0 Å². The van der Waals surface area contributed by atoms with Gasteiger partial charge in [0, 0.05) is 22.3 Å². The van der Waals surface area contributed by atoms with Crippen LogP contribution in [-0.2, 0) is 11.2 Å². The van der Waals surface area contributed by atoms with Crippen LogP contribution in [0.5, 0.6) is 0 Å². The van der Waals surface area contributed by atoms with Gasteiger partial charge in [0.1, 0.15) is 0 Å². The smallest absolute Gasteiger partial charge is 0.251 e. The van der Waals surface area contributed by atoms with Crippen molar-refractivity contribution in [1.82, 2.24) is 5.32 Å². The highest BCUT2D eigenvalue weighted by atomic mass is 79.9. The third-order valence-electron chi connectivity index (χ3n) is 4.16. The van der Waals surface area contributed by atoms with Crippen LogP contribution in [0.15, 0.2) is 46.9 Å². The van der Waals surface area contributed by atoms with Crippen molar-refractivity contribution in [2.75, 3.05) is 18.0 Å². The summed E-state index contributed by atoms with van der Waals surface area (Å²) in [5.74, 6) is -0.317. The summed E-state index contributed by atoms with van der Waals surface area (Å²) in [5, 5.41) is 2.71. The van der Waals surface area contributed by atoms with E-state index >= 15 is 0 Å². The highest BCUT2D eigenvalue weighted by Crippen LogP contribution is 2.27. The van der Waals surface area contributed by atoms with Crippen molar-refractivity contribution in [3.8, 4) is 0 Å². The lowest BCUT2D eigenvalue weighted by Crippen LogP contribution is -2.42. The average Bonchev–Trinajstić information content (AvgIpc) is 2.59. The van der Waals surface area contributed by atoms with Gasteiger partial charge in [0.25, 0.3) is 5.91 Å². The fourth-order valence-corrected chi connectivity index (χ4v) is 3.20. The lowest BCUT2D eigenvalue weighted by atomic mass is 9.99. The first-order valence-electron chi connectivity index (χ1n) is 7.98. The second kappa shape index (κ2) is 7.18. The van der Waals surface area contributed by atoms with Crippen molar-refractivity contribution in [1.29, 1.82) is 0 Å². The SMILES string of the molecule is Cc1ccc2c(c1)CCCN2C(=O)CNC(=O)c1ccc(Br)cc1. The lowest BCUT2D eigenvalue weighted by Gasteiger charge is -2.30. The molecule has 0 aromatic heterocycles. The van der Waals surface area contributed by atoms with Gasteiger partial charge in [-0.25, -0.2) is 0 Å². The quantitative estimate of drug-likeness (QED) is 0.877. The molecule has 1 N–H and O–H groups in total. The van der Waals surface area contributed by atoms with Crippen molar-refractivity contribution in [2.24, 2.45) is 0 Å². The molecule has 0 spiro atoms. The van der Waals surface area contributed by atoms with E-state index in [0.717, 1.165) is 23.0 Å². The highest BCUT2D eigenvalue weighted by molar-refractivity contribution is 9.10. The van der Waals surface area contributed by atoms with Crippen LogP contribution >= 0.6 is 15.9 Å². The van der Waals surface area contributed by atoms with E-state index in [-0.39, 0.29) is 18.4 Å². The maximum absolute atomic E-state index is 12.5. The van der Waals surface area contributed by atoms with Crippen LogP contribution in [0.2, 0.25) is 0 Å². The Labute approximate surface area is 150 Å². The monoisotopic (exact) mass is 386 g/mol. The van der Waals surface area contributed by atoms with Crippen molar-refractivity contribution in [3.63, 3.8) is 0 Å². The number of rotatable bonds is 3. The third kappa shape index (κ3) is 3.67. The van der Waals surface area contributed by atoms with E-state index in [1.807, 2.05) is 12.1 Å². The van der Waals surface area contributed by atoms with Crippen LogP contribution in [0.3, 0.4) is 0 Å². The molecule has 0 saturated heterocycles. The number of halogens is 1. The minimum Gasteiger partial charge on any atom is -0.343 e. The van der Waals surface area contributed by atoms with Crippen LogP contribution < -0.4 is 10.2 Å². The van der Waals surface area contributed by atoms with E-state index < -0.39 is 0 Å². The molecule has 1 heterocycles. The van der Waals surface area contributed by atoms with E-state index in [1.54, 1.807) is 29.2 Å². The van der Waals surface area contributed by atoms with E-state index in [9.17, 15) is 9.59 Å². The molecule has 0 unspecified atom stereocenters. The number of nitrogens with zero attached hydrogens (tertiary/aromatic N) is 1. The molecular formula is C19H19BrN2O2. The Hall–Kier alpha value is -2.14. The summed E-state index contributed by atoms with van der Waals surface area (Å²) in [6, 6.07) is 13.2. The summed E-state index contributed by atoms with van der Waals surface area (Å²) in [7, 11) is 0. The van der Waals surface area contributed by atoms with Gasteiger partial charge in [0.2, 0.25) is 5.91 Å². The Morgan fingerprint density at radius 2 is 1.92 bits per heavy atom. The number of aryl methyl sites for hydroxylation is 2. The fourth-order valence-electron chi connectivity index (χ4n) is 2.94. The number of hydrogen-bond donors (Lipinski definition) is 1. The van der Waals surface area contributed by atoms with Crippen LogP contribution in [0.4, 0.5) is 5.69 Å². The molecule has 0 aliphatic carbocycles. The van der Waals surface area contributed by atoms with Crippen molar-refractivity contribution in [3.05, 3.63) is 63.6 Å². The summed E-state index contributed by atoms with van der Waals surface area (Å²) < 4.78 is 0.912. The van der Waals surface area contributed by atoms with Crippen LogP contribution in [0.1, 0.15) is 27.9 Å². The molecule has 1 aliphatic heterocycles. The summed E-state index contributed by atoms with van der Waals surface area (Å²) in [4.78, 5) is 26.5. The molecule has 2 aromatic rings. The second-order valence-corrected chi connectivity index (χ2v) is 6.89. The van der Waals surface area contributed by atoms with Gasteiger partial charge < -0.3 is 10.2 Å². The van der Waals surface area contributed by atoms with Gasteiger partial charge in [-0.15, -0.1) is 0 Å². The van der Waals surface area contributed by atoms with Gasteiger partial charge in [0.05, 0.1) is 6.54 Å². The van der Waals surface area contributed by atoms with E-state index in [1.165, 1.54) is 11.1 Å². The molecule has 5 heteroatoms. The molecule has 124 valence electrons. The zero-order valence-corrected chi connectivity index (χ0v) is 15.1. The standard InChI is InChI=1S/C19H19BrN2O2/c1-13-4-9-17-15(11-13)3-2-10-22(17)18(23)12-21-19(24)14-5-7-16(20)8-6-14/h4-9,11H,2-3,10,12H2,1H3,(H,21,24). The topological polar surface area (TPSA) is 49.4 Å². The normalized spacial score (nSPS) is 13.3. The minimum absolute atomic E-state index is 0.00220. The molecule has 0 radical (unpaired) electrons. The van der Waals surface area contributed by atoms with Gasteiger partial charge in [-0.1, -0.05) is 33.6 Å². The fraction of sp³-hybridized carbons (Fsp3) is 0.263. The molecule has 4 nitrogen and oxygen atoms in total. The average molecular weight is 387 g/mol. The molecule has 0 bridgehead atoms. The van der Waals surface area contributed by atoms with Crippen LogP contribution in [-0.4, -0.2) is 24.9 Å². The number of hydrogen-bond acceptors (Lipinski definition) is 2. The summed E-state index contributed by atoms with van der Waals surface area (Å²) in [6.07, 6.45) is 1.94. The Kier molecular flexibility index (Phi) is 5.00. The maximum Gasteiger partial charge on any atom is 0.251 e. The molecule has 1 aliphatic rings. The first kappa shape index (κ1) is 16.7. The third-order valence-corrected chi connectivity index (χ3v) is 4.69. The number of benzene rings is 2. The largest absolute Gasteiger partial charge is 0.343 e. The number of carbonyl (C=O) groups excluding carboxylic acids is 2. The summed E-state index contributed by atoms with van der Waals surface area (Å²) in [5.41, 5.74) is 3.91. The first-order valence-corrected chi connectivity index (χ1v) is 8.77. The maximum atomic E-state index is 12.5. The molecule has 2 aromatic carbocycles. The predicted molar refractivity (Wildman–Crippen MR) is 98.3 cm³/mol. The molecular weight excluding hydrogens is 368 g/mol. The highest BCUT2D eigenvalue weighted by Gasteiger charge is 2.22. The zero-order valence-electron chi connectivity index (χ0n) is 13.5. The Bertz CT molecular complexity index is 771. The Morgan fingerprint density at radius 3 is 2.67 bits per heavy atom. The molecule has 0 saturated carbocycles. The van der Waals surface area contributed by atoms with Gasteiger partial charge in [-0.3, -0.25) is 9.59 Å². The first-order chi connectivity index (χ1) is 11.5. The zero-order chi connectivity index (χ0) is 17.1. The summed E-state index contributed by atoms with van der Waals surface area (Å²) >= 11 is 3.34. The number of nitrogens with one attached hydrogen (secondary N) is 1. The number of carbonyl (C=O) groups is 2. The van der Waals surface area contributed by atoms with Crippen molar-refractivity contribution < 1.29 is 9.59 Å². The minimum atomic E-state index is -0.239. The van der Waals surface area contributed by atoms with Crippen molar-refractivity contribution in [2.45, 2.75) is 19.8 Å². The van der Waals surface area contributed by atoms with E-state index in [2.05, 4.69) is 34.2 Å². The molecule has 2 amide bonds. The summed E-state index contributed by atoms with van der Waals surface area (Å²) in [6.45, 7) is 2.75.